The number of ether oxygens (including phenoxy) is 1. The van der Waals surface area contributed by atoms with Crippen molar-refractivity contribution in [3.8, 4) is 5.75 Å². The van der Waals surface area contributed by atoms with Crippen LogP contribution in [0.15, 0.2) is 87.7 Å². The third-order valence-electron chi connectivity index (χ3n) is 6.68. The highest BCUT2D eigenvalue weighted by Gasteiger charge is 2.19. The molecule has 1 fully saturated rings. The van der Waals surface area contributed by atoms with Crippen LogP contribution in [0.3, 0.4) is 0 Å². The first-order chi connectivity index (χ1) is 20.7. The van der Waals surface area contributed by atoms with Crippen LogP contribution >= 0.6 is 0 Å². The number of carboxylic acid groups (broad SMARTS) is 2. The van der Waals surface area contributed by atoms with Gasteiger partial charge in [0, 0.05) is 51.1 Å². The maximum absolute atomic E-state index is 13.1. The first-order valence-corrected chi connectivity index (χ1v) is 13.5. The molecule has 13 nitrogen and oxygen atoms in total. The largest absolute Gasteiger partial charge is 0.495 e. The molecule has 1 aliphatic heterocycles. The Labute approximate surface area is 247 Å². The Morgan fingerprint density at radius 3 is 2.14 bits per heavy atom. The molecule has 0 radical (unpaired) electrons. The SMILES string of the molecule is COc1ccccc1N1CCN(CCCn2c(=O)c(C=NO)cn(Cc3ccccc3)c2=O)CC1.O=C(O)C=CC(=O)O. The van der Waals surface area contributed by atoms with Crippen LogP contribution in [-0.4, -0.2) is 87.4 Å². The molecule has 43 heavy (non-hydrogen) atoms. The molecule has 1 saturated heterocycles. The lowest BCUT2D eigenvalue weighted by atomic mass is 10.2. The summed E-state index contributed by atoms with van der Waals surface area (Å²) in [6.07, 6.45) is 4.31. The Bertz CT molecular complexity index is 1520. The molecule has 0 spiro atoms. The first-order valence-electron chi connectivity index (χ1n) is 13.5. The number of anilines is 1. The van der Waals surface area contributed by atoms with Gasteiger partial charge in [0.2, 0.25) is 0 Å². The summed E-state index contributed by atoms with van der Waals surface area (Å²) in [5.41, 5.74) is 1.41. The standard InChI is InChI=1S/C26H31N5O4.C4H4O4/c1-35-24-11-6-5-10-23(24)29-16-14-28(15-17-29)12-7-13-31-25(32)22(18-27-34)20-30(26(31)33)19-21-8-3-2-4-9-21;5-3(6)1-2-4(7)8/h2-6,8-11,18,20,34H,7,12-17,19H2,1H3;1-2H,(H,5,6)(H,7,8). The van der Waals surface area contributed by atoms with Crippen LogP contribution in [0.4, 0.5) is 5.69 Å². The molecule has 13 heteroatoms. The van der Waals surface area contributed by atoms with Gasteiger partial charge in [-0.05, 0) is 30.7 Å². The van der Waals surface area contributed by atoms with Crippen LogP contribution in [0.1, 0.15) is 17.5 Å². The normalized spacial score (nSPS) is 13.6. The van der Waals surface area contributed by atoms with E-state index in [1.807, 2.05) is 48.5 Å². The molecule has 0 aliphatic carbocycles. The minimum Gasteiger partial charge on any atom is -0.495 e. The van der Waals surface area contributed by atoms with Gasteiger partial charge in [0.15, 0.2) is 0 Å². The molecular formula is C30H35N5O8. The Balaban J connectivity index is 0.000000557. The Kier molecular flexibility index (Phi) is 12.3. The van der Waals surface area contributed by atoms with E-state index >= 15 is 0 Å². The second-order valence-electron chi connectivity index (χ2n) is 9.55. The van der Waals surface area contributed by atoms with Gasteiger partial charge in [0.05, 0.1) is 31.1 Å². The number of aliphatic carboxylic acids is 2. The zero-order valence-corrected chi connectivity index (χ0v) is 23.8. The Morgan fingerprint density at radius 1 is 0.907 bits per heavy atom. The number of hydrogen-bond donors (Lipinski definition) is 3. The zero-order valence-electron chi connectivity index (χ0n) is 23.8. The van der Waals surface area contributed by atoms with Gasteiger partial charge in [-0.15, -0.1) is 0 Å². The van der Waals surface area contributed by atoms with Crippen LogP contribution in [0.2, 0.25) is 0 Å². The number of nitrogens with zero attached hydrogens (tertiary/aromatic N) is 5. The fourth-order valence-corrected chi connectivity index (χ4v) is 4.62. The van der Waals surface area contributed by atoms with Crippen molar-refractivity contribution in [3.63, 3.8) is 0 Å². The van der Waals surface area contributed by atoms with Gasteiger partial charge in [-0.2, -0.15) is 0 Å². The van der Waals surface area contributed by atoms with Crippen molar-refractivity contribution < 1.29 is 29.7 Å². The lowest BCUT2D eigenvalue weighted by Gasteiger charge is -2.36. The monoisotopic (exact) mass is 593 g/mol. The molecule has 2 heterocycles. The molecule has 3 aromatic rings. The number of para-hydroxylation sites is 2. The van der Waals surface area contributed by atoms with Gasteiger partial charge in [0.1, 0.15) is 5.75 Å². The van der Waals surface area contributed by atoms with E-state index in [0.29, 0.717) is 31.7 Å². The molecule has 0 unspecified atom stereocenters. The molecule has 0 amide bonds. The van der Waals surface area contributed by atoms with Crippen molar-refractivity contribution in [1.82, 2.24) is 14.0 Å². The van der Waals surface area contributed by atoms with Gasteiger partial charge >= 0.3 is 17.6 Å². The smallest absolute Gasteiger partial charge is 0.331 e. The maximum Gasteiger partial charge on any atom is 0.331 e. The molecule has 4 rings (SSSR count). The third-order valence-corrected chi connectivity index (χ3v) is 6.68. The van der Waals surface area contributed by atoms with Crippen molar-refractivity contribution in [2.45, 2.75) is 19.5 Å². The number of methoxy groups -OCH3 is 1. The number of piperazine rings is 1. The second-order valence-corrected chi connectivity index (χ2v) is 9.55. The van der Waals surface area contributed by atoms with Crippen molar-refractivity contribution in [3.05, 3.63) is 105 Å². The molecule has 1 aromatic heterocycles. The van der Waals surface area contributed by atoms with Crippen LogP contribution < -0.4 is 20.9 Å². The summed E-state index contributed by atoms with van der Waals surface area (Å²) in [7, 11) is 1.69. The highest BCUT2D eigenvalue weighted by molar-refractivity contribution is 5.89. The predicted octanol–water partition coefficient (Wildman–Crippen LogP) is 1.80. The van der Waals surface area contributed by atoms with Gasteiger partial charge in [-0.1, -0.05) is 47.6 Å². The average Bonchev–Trinajstić information content (AvgIpc) is 3.01. The maximum atomic E-state index is 13.1. The minimum absolute atomic E-state index is 0.174. The fourth-order valence-electron chi connectivity index (χ4n) is 4.62. The third kappa shape index (κ3) is 9.71. The predicted molar refractivity (Wildman–Crippen MR) is 161 cm³/mol. The van der Waals surface area contributed by atoms with E-state index in [4.69, 9.17) is 20.2 Å². The zero-order chi connectivity index (χ0) is 31.2. The molecule has 228 valence electrons. The molecular weight excluding hydrogens is 558 g/mol. The van der Waals surface area contributed by atoms with Gasteiger partial charge in [-0.3, -0.25) is 18.8 Å². The topological polar surface area (TPSA) is 167 Å². The molecule has 3 N–H and O–H groups in total. The van der Waals surface area contributed by atoms with Crippen LogP contribution in [0, 0.1) is 0 Å². The van der Waals surface area contributed by atoms with Gasteiger partial charge in [0.25, 0.3) is 5.56 Å². The lowest BCUT2D eigenvalue weighted by molar-refractivity contribution is -0.134. The molecule has 1 aliphatic rings. The summed E-state index contributed by atoms with van der Waals surface area (Å²) in [6, 6.07) is 17.6. The van der Waals surface area contributed by atoms with E-state index in [0.717, 1.165) is 55.9 Å². The average molecular weight is 594 g/mol. The highest BCUT2D eigenvalue weighted by atomic mass is 16.5. The van der Waals surface area contributed by atoms with Crippen LogP contribution in [0.5, 0.6) is 5.75 Å². The minimum atomic E-state index is -1.26. The number of aromatic nitrogens is 2. The molecule has 0 saturated carbocycles. The summed E-state index contributed by atoms with van der Waals surface area (Å²) in [6.45, 7) is 4.95. The number of hydrogen-bond acceptors (Lipinski definition) is 9. The van der Waals surface area contributed by atoms with Crippen molar-refractivity contribution >= 4 is 23.8 Å². The van der Waals surface area contributed by atoms with Crippen molar-refractivity contribution in [2.75, 3.05) is 44.7 Å². The van der Waals surface area contributed by atoms with Crippen molar-refractivity contribution in [1.29, 1.82) is 0 Å². The van der Waals surface area contributed by atoms with E-state index in [-0.39, 0.29) is 11.3 Å². The van der Waals surface area contributed by atoms with Crippen LogP contribution in [-0.2, 0) is 22.7 Å². The lowest BCUT2D eigenvalue weighted by Crippen LogP contribution is -2.47. The second kappa shape index (κ2) is 16.3. The quantitative estimate of drug-likeness (QED) is 0.129. The number of benzene rings is 2. The summed E-state index contributed by atoms with van der Waals surface area (Å²) in [5.74, 6) is -1.64. The summed E-state index contributed by atoms with van der Waals surface area (Å²) in [5, 5.41) is 27.6. The number of rotatable bonds is 11. The highest BCUT2D eigenvalue weighted by Crippen LogP contribution is 2.28. The molecule has 0 atom stereocenters. The van der Waals surface area contributed by atoms with E-state index in [1.165, 1.54) is 15.3 Å². The van der Waals surface area contributed by atoms with E-state index in [9.17, 15) is 19.2 Å². The Hall–Kier alpha value is -5.17. The Morgan fingerprint density at radius 2 is 1.53 bits per heavy atom. The van der Waals surface area contributed by atoms with Crippen molar-refractivity contribution in [2.24, 2.45) is 5.16 Å². The fraction of sp³-hybridized carbons (Fsp3) is 0.300. The summed E-state index contributed by atoms with van der Waals surface area (Å²) in [4.78, 5) is 49.7. The molecule has 2 aromatic carbocycles. The number of carboxylic acids is 2. The van der Waals surface area contributed by atoms with Gasteiger partial charge in [-0.25, -0.2) is 14.4 Å². The number of oxime groups is 1. The van der Waals surface area contributed by atoms with E-state index < -0.39 is 17.5 Å². The van der Waals surface area contributed by atoms with E-state index in [2.05, 4.69) is 21.0 Å². The molecule has 0 bridgehead atoms. The summed E-state index contributed by atoms with van der Waals surface area (Å²) < 4.78 is 8.22. The number of carbonyl (C=O) groups is 2. The summed E-state index contributed by atoms with van der Waals surface area (Å²) >= 11 is 0. The van der Waals surface area contributed by atoms with Gasteiger partial charge < -0.3 is 25.1 Å². The first kappa shape index (κ1) is 32.3. The van der Waals surface area contributed by atoms with Crippen LogP contribution in [0.25, 0.3) is 0 Å². The van der Waals surface area contributed by atoms with E-state index in [1.54, 1.807) is 7.11 Å².